The molecule has 0 saturated heterocycles. The van der Waals surface area contributed by atoms with Gasteiger partial charge in [-0.1, -0.05) is 12.1 Å². The largest absolute Gasteiger partial charge is 0.384 e. The van der Waals surface area contributed by atoms with Crippen LogP contribution < -0.4 is 15.5 Å². The van der Waals surface area contributed by atoms with E-state index in [1.165, 1.54) is 24.3 Å². The van der Waals surface area contributed by atoms with Crippen LogP contribution >= 0.6 is 0 Å². The third-order valence-electron chi connectivity index (χ3n) is 3.70. The molecule has 128 valence electrons. The van der Waals surface area contributed by atoms with Crippen molar-refractivity contribution in [3.63, 3.8) is 0 Å². The number of halogens is 1. The predicted molar refractivity (Wildman–Crippen MR) is 93.8 cm³/mol. The quantitative estimate of drug-likeness (QED) is 0.789. The summed E-state index contributed by atoms with van der Waals surface area (Å²) in [6, 6.07) is 12.5. The third kappa shape index (κ3) is 4.70. The average Bonchev–Trinajstić information content (AvgIpc) is 2.54. The number of nitrogens with zero attached hydrogens (tertiary/aromatic N) is 1. The first-order chi connectivity index (χ1) is 11.3. The smallest absolute Gasteiger partial charge is 0.319 e. The van der Waals surface area contributed by atoms with Gasteiger partial charge in [0.2, 0.25) is 0 Å². The molecule has 2 rings (SSSR count). The van der Waals surface area contributed by atoms with Crippen LogP contribution in [0.15, 0.2) is 48.5 Å². The summed E-state index contributed by atoms with van der Waals surface area (Å²) in [5.41, 5.74) is 0.916. The van der Waals surface area contributed by atoms with E-state index in [-0.39, 0.29) is 12.4 Å². The Morgan fingerprint density at radius 1 is 1.12 bits per heavy atom. The molecule has 0 aromatic heterocycles. The van der Waals surface area contributed by atoms with Crippen molar-refractivity contribution in [1.82, 2.24) is 5.32 Å². The maximum absolute atomic E-state index is 12.9. The maximum Gasteiger partial charge on any atom is 0.319 e. The highest BCUT2D eigenvalue weighted by Gasteiger charge is 2.23. The van der Waals surface area contributed by atoms with Crippen molar-refractivity contribution >= 4 is 17.4 Å². The minimum atomic E-state index is -1.29. The Morgan fingerprint density at radius 2 is 1.71 bits per heavy atom. The number of benzene rings is 2. The fourth-order valence-corrected chi connectivity index (χ4v) is 2.18. The molecule has 0 spiro atoms. The van der Waals surface area contributed by atoms with Crippen molar-refractivity contribution < 1.29 is 14.3 Å². The zero-order valence-electron chi connectivity index (χ0n) is 14.0. The van der Waals surface area contributed by atoms with Crippen LogP contribution in [0, 0.1) is 5.82 Å². The summed E-state index contributed by atoms with van der Waals surface area (Å²) >= 11 is 0. The predicted octanol–water partition coefficient (Wildman–Crippen LogP) is 2.92. The van der Waals surface area contributed by atoms with Gasteiger partial charge in [-0.3, -0.25) is 0 Å². The van der Waals surface area contributed by atoms with Gasteiger partial charge in [0.15, 0.2) is 0 Å². The van der Waals surface area contributed by atoms with Gasteiger partial charge in [-0.25, -0.2) is 9.18 Å². The van der Waals surface area contributed by atoms with E-state index < -0.39 is 11.6 Å². The van der Waals surface area contributed by atoms with E-state index in [0.717, 1.165) is 5.69 Å². The first-order valence-corrected chi connectivity index (χ1v) is 7.58. The van der Waals surface area contributed by atoms with Gasteiger partial charge in [-0.05, 0) is 48.9 Å². The number of rotatable bonds is 5. The highest BCUT2D eigenvalue weighted by Crippen LogP contribution is 2.20. The van der Waals surface area contributed by atoms with Gasteiger partial charge in [0.1, 0.15) is 11.4 Å². The van der Waals surface area contributed by atoms with Gasteiger partial charge in [0.25, 0.3) is 0 Å². The van der Waals surface area contributed by atoms with E-state index >= 15 is 0 Å². The second kappa shape index (κ2) is 7.31. The minimum Gasteiger partial charge on any atom is -0.384 e. The normalized spacial score (nSPS) is 13.0. The van der Waals surface area contributed by atoms with Crippen LogP contribution in [0.1, 0.15) is 12.5 Å². The van der Waals surface area contributed by atoms with E-state index in [1.807, 2.05) is 31.1 Å². The van der Waals surface area contributed by atoms with E-state index in [4.69, 9.17) is 0 Å². The Labute approximate surface area is 141 Å². The molecule has 0 aliphatic carbocycles. The fraction of sp³-hybridized carbons (Fsp3) is 0.278. The Bertz CT molecular complexity index is 682. The molecule has 0 aliphatic heterocycles. The lowest BCUT2D eigenvalue weighted by molar-refractivity contribution is 0.0599. The molecule has 2 aromatic rings. The standard InChI is InChI=1S/C18H22FN3O2/c1-18(24,13-4-6-14(19)7-5-13)12-20-17(23)21-15-8-10-16(11-9-15)22(2)3/h4-11,24H,12H2,1-3H3,(H2,20,21,23). The Kier molecular flexibility index (Phi) is 5.41. The summed E-state index contributed by atoms with van der Waals surface area (Å²) in [5, 5.41) is 15.7. The van der Waals surface area contributed by atoms with E-state index in [2.05, 4.69) is 10.6 Å². The van der Waals surface area contributed by atoms with Crippen LogP contribution in [0.2, 0.25) is 0 Å². The number of anilines is 2. The van der Waals surface area contributed by atoms with Gasteiger partial charge in [0.05, 0.1) is 6.54 Å². The molecule has 2 aromatic carbocycles. The molecule has 1 atom stereocenters. The monoisotopic (exact) mass is 331 g/mol. The van der Waals surface area contributed by atoms with E-state index in [9.17, 15) is 14.3 Å². The lowest BCUT2D eigenvalue weighted by Crippen LogP contribution is -2.40. The lowest BCUT2D eigenvalue weighted by Gasteiger charge is -2.24. The van der Waals surface area contributed by atoms with Crippen LogP contribution in [0.5, 0.6) is 0 Å². The molecule has 0 heterocycles. The SMILES string of the molecule is CN(C)c1ccc(NC(=O)NCC(C)(O)c2ccc(F)cc2)cc1. The summed E-state index contributed by atoms with van der Waals surface area (Å²) in [7, 11) is 3.87. The first-order valence-electron chi connectivity index (χ1n) is 7.58. The molecule has 0 bridgehead atoms. The summed E-state index contributed by atoms with van der Waals surface area (Å²) in [4.78, 5) is 13.9. The van der Waals surface area contributed by atoms with Crippen LogP contribution in [-0.4, -0.2) is 31.8 Å². The fourth-order valence-electron chi connectivity index (χ4n) is 2.18. The van der Waals surface area contributed by atoms with Gasteiger partial charge in [-0.2, -0.15) is 0 Å². The zero-order valence-corrected chi connectivity index (χ0v) is 14.0. The molecular weight excluding hydrogens is 309 g/mol. The summed E-state index contributed by atoms with van der Waals surface area (Å²) in [6.45, 7) is 1.56. The molecule has 3 N–H and O–H groups in total. The van der Waals surface area contributed by atoms with Crippen molar-refractivity contribution in [3.05, 3.63) is 59.9 Å². The van der Waals surface area contributed by atoms with Gasteiger partial charge in [-0.15, -0.1) is 0 Å². The molecule has 2 amide bonds. The number of hydrogen-bond acceptors (Lipinski definition) is 3. The van der Waals surface area contributed by atoms with Crippen molar-refractivity contribution in [3.8, 4) is 0 Å². The molecule has 0 fully saturated rings. The molecule has 24 heavy (non-hydrogen) atoms. The Balaban J connectivity index is 1.91. The highest BCUT2D eigenvalue weighted by molar-refractivity contribution is 5.89. The van der Waals surface area contributed by atoms with Crippen molar-refractivity contribution in [2.75, 3.05) is 30.9 Å². The first kappa shape index (κ1) is 17.7. The summed E-state index contributed by atoms with van der Waals surface area (Å²) in [6.07, 6.45) is 0. The highest BCUT2D eigenvalue weighted by atomic mass is 19.1. The summed E-state index contributed by atoms with van der Waals surface area (Å²) < 4.78 is 12.9. The van der Waals surface area contributed by atoms with Gasteiger partial charge >= 0.3 is 6.03 Å². The third-order valence-corrected chi connectivity index (χ3v) is 3.70. The van der Waals surface area contributed by atoms with E-state index in [1.54, 1.807) is 19.1 Å². The van der Waals surface area contributed by atoms with Crippen molar-refractivity contribution in [1.29, 1.82) is 0 Å². The summed E-state index contributed by atoms with van der Waals surface area (Å²) in [5.74, 6) is -0.374. The molecule has 6 heteroatoms. The topological polar surface area (TPSA) is 64.6 Å². The second-order valence-electron chi connectivity index (χ2n) is 6.03. The Hall–Kier alpha value is -2.60. The molecule has 0 aliphatic rings. The average molecular weight is 331 g/mol. The number of carbonyl (C=O) groups is 1. The number of hydrogen-bond donors (Lipinski definition) is 3. The molecule has 0 radical (unpaired) electrons. The van der Waals surface area contributed by atoms with Gasteiger partial charge < -0.3 is 20.6 Å². The van der Waals surface area contributed by atoms with Crippen LogP contribution in [0.4, 0.5) is 20.6 Å². The second-order valence-corrected chi connectivity index (χ2v) is 6.03. The number of urea groups is 1. The van der Waals surface area contributed by atoms with E-state index in [0.29, 0.717) is 11.3 Å². The molecule has 0 saturated carbocycles. The molecule has 1 unspecified atom stereocenters. The van der Waals surface area contributed by atoms with Crippen molar-refractivity contribution in [2.45, 2.75) is 12.5 Å². The lowest BCUT2D eigenvalue weighted by atomic mass is 9.96. The minimum absolute atomic E-state index is 0.000245. The van der Waals surface area contributed by atoms with Crippen molar-refractivity contribution in [2.24, 2.45) is 0 Å². The maximum atomic E-state index is 12.9. The number of aliphatic hydroxyl groups is 1. The number of amides is 2. The van der Waals surface area contributed by atoms with Crippen LogP contribution in [0.25, 0.3) is 0 Å². The van der Waals surface area contributed by atoms with Gasteiger partial charge in [0, 0.05) is 25.5 Å². The Morgan fingerprint density at radius 3 is 2.25 bits per heavy atom. The molecule has 5 nitrogen and oxygen atoms in total. The number of carbonyl (C=O) groups excluding carboxylic acids is 1. The van der Waals surface area contributed by atoms with Crippen LogP contribution in [-0.2, 0) is 5.60 Å². The molecular formula is C18H22FN3O2. The van der Waals surface area contributed by atoms with Crippen LogP contribution in [0.3, 0.4) is 0 Å². The number of nitrogens with one attached hydrogen (secondary N) is 2. The zero-order chi connectivity index (χ0) is 17.7.